The number of hydrogen-bond donors (Lipinski definition) is 0. The van der Waals surface area contributed by atoms with Crippen molar-refractivity contribution in [2.75, 3.05) is 20.1 Å². The van der Waals surface area contributed by atoms with Gasteiger partial charge in [-0.15, -0.1) is 0 Å². The zero-order valence-electron chi connectivity index (χ0n) is 12.0. The fourth-order valence-corrected chi connectivity index (χ4v) is 3.68. The highest BCUT2D eigenvalue weighted by Crippen LogP contribution is 2.49. The number of aryl methyl sites for hydroxylation is 1. The average Bonchev–Trinajstić information content (AvgIpc) is 2.78. The lowest BCUT2D eigenvalue weighted by Gasteiger charge is -2.17. The van der Waals surface area contributed by atoms with Gasteiger partial charge in [-0.2, -0.15) is 0 Å². The highest BCUT2D eigenvalue weighted by Gasteiger charge is 2.38. The monoisotopic (exact) mass is 265 g/mol. The Bertz CT molecular complexity index is 664. The lowest BCUT2D eigenvalue weighted by molar-refractivity contribution is 0.401. The molecule has 1 fully saturated rings. The predicted octanol–water partition coefficient (Wildman–Crippen LogP) is 3.91. The maximum Gasteiger partial charge on any atom is 0.131 e. The number of fused-ring (bicyclic) bond motifs is 5. The Morgan fingerprint density at radius 3 is 2.50 bits per heavy atom. The molecule has 0 amide bonds. The molecule has 0 aliphatic carbocycles. The third kappa shape index (κ3) is 1.75. The van der Waals surface area contributed by atoms with Crippen LogP contribution in [0.3, 0.4) is 0 Å². The molecule has 0 bridgehead atoms. The fourth-order valence-electron chi connectivity index (χ4n) is 3.68. The summed E-state index contributed by atoms with van der Waals surface area (Å²) in [5.74, 6) is 3.14. The molecule has 2 aliphatic rings. The van der Waals surface area contributed by atoms with Crippen molar-refractivity contribution in [3.8, 4) is 11.5 Å². The predicted molar refractivity (Wildman–Crippen MR) is 80.7 cm³/mol. The van der Waals surface area contributed by atoms with Gasteiger partial charge >= 0.3 is 0 Å². The van der Waals surface area contributed by atoms with Crippen LogP contribution in [0.2, 0.25) is 0 Å². The summed E-state index contributed by atoms with van der Waals surface area (Å²) in [5.41, 5.74) is 4.04. The second-order valence-corrected chi connectivity index (χ2v) is 6.12. The highest BCUT2D eigenvalue weighted by molar-refractivity contribution is 5.51. The minimum atomic E-state index is 0.540. The van der Waals surface area contributed by atoms with E-state index in [0.29, 0.717) is 11.8 Å². The molecule has 0 aromatic heterocycles. The zero-order chi connectivity index (χ0) is 13.7. The highest BCUT2D eigenvalue weighted by atomic mass is 16.5. The summed E-state index contributed by atoms with van der Waals surface area (Å²) in [4.78, 5) is 2.43. The smallest absolute Gasteiger partial charge is 0.131 e. The number of hydrogen-bond acceptors (Lipinski definition) is 2. The summed E-state index contributed by atoms with van der Waals surface area (Å²) in [7, 11) is 2.22. The first-order valence-electron chi connectivity index (χ1n) is 7.28. The van der Waals surface area contributed by atoms with Gasteiger partial charge in [0.25, 0.3) is 0 Å². The lowest BCUT2D eigenvalue weighted by atomic mass is 9.84. The molecular formula is C18H19NO. The molecule has 2 aromatic carbocycles. The van der Waals surface area contributed by atoms with E-state index in [1.165, 1.54) is 16.7 Å². The van der Waals surface area contributed by atoms with Gasteiger partial charge in [-0.05, 0) is 31.7 Å². The number of likely N-dealkylation sites (N-methyl/N-ethyl adjacent to an activating group) is 1. The second-order valence-electron chi connectivity index (χ2n) is 6.12. The molecule has 2 heteroatoms. The van der Waals surface area contributed by atoms with E-state index < -0.39 is 0 Å². The van der Waals surface area contributed by atoms with Crippen LogP contribution in [0, 0.1) is 6.92 Å². The van der Waals surface area contributed by atoms with E-state index in [2.05, 4.69) is 61.3 Å². The SMILES string of the molecule is Cc1ccc2c(c1)[C@@H]1CN(C)C[C@@H]1c1ccccc1O2. The fraction of sp³-hybridized carbons (Fsp3) is 0.333. The van der Waals surface area contributed by atoms with Gasteiger partial charge in [0, 0.05) is 30.5 Å². The Labute approximate surface area is 120 Å². The molecule has 2 aliphatic heterocycles. The molecule has 0 spiro atoms. The van der Waals surface area contributed by atoms with Gasteiger partial charge in [-0.25, -0.2) is 0 Å². The van der Waals surface area contributed by atoms with Gasteiger partial charge in [0.1, 0.15) is 11.5 Å². The maximum atomic E-state index is 6.21. The maximum absolute atomic E-state index is 6.21. The third-order valence-electron chi connectivity index (χ3n) is 4.61. The van der Waals surface area contributed by atoms with Crippen molar-refractivity contribution in [3.63, 3.8) is 0 Å². The van der Waals surface area contributed by atoms with Crippen molar-refractivity contribution in [2.24, 2.45) is 0 Å². The average molecular weight is 265 g/mol. The van der Waals surface area contributed by atoms with Gasteiger partial charge in [-0.3, -0.25) is 0 Å². The molecule has 2 nitrogen and oxygen atoms in total. The molecule has 0 saturated carbocycles. The van der Waals surface area contributed by atoms with Gasteiger partial charge in [0.05, 0.1) is 0 Å². The van der Waals surface area contributed by atoms with Crippen LogP contribution in [0.25, 0.3) is 0 Å². The number of para-hydroxylation sites is 1. The summed E-state index contributed by atoms with van der Waals surface area (Å²) in [6.07, 6.45) is 0. The third-order valence-corrected chi connectivity index (χ3v) is 4.61. The molecule has 0 radical (unpaired) electrons. The van der Waals surface area contributed by atoms with Gasteiger partial charge in [0.15, 0.2) is 0 Å². The zero-order valence-corrected chi connectivity index (χ0v) is 12.0. The molecule has 20 heavy (non-hydrogen) atoms. The summed E-state index contributed by atoms with van der Waals surface area (Å²) in [5, 5.41) is 0. The Morgan fingerprint density at radius 2 is 1.65 bits per heavy atom. The van der Waals surface area contributed by atoms with Gasteiger partial charge < -0.3 is 9.64 Å². The van der Waals surface area contributed by atoms with E-state index in [9.17, 15) is 0 Å². The molecule has 2 aromatic rings. The minimum absolute atomic E-state index is 0.540. The first-order valence-corrected chi connectivity index (χ1v) is 7.28. The van der Waals surface area contributed by atoms with Gasteiger partial charge in [0.2, 0.25) is 0 Å². The summed E-state index contributed by atoms with van der Waals surface area (Å²) in [6, 6.07) is 15.1. The van der Waals surface area contributed by atoms with E-state index in [1.54, 1.807) is 0 Å². The number of nitrogens with zero attached hydrogens (tertiary/aromatic N) is 1. The molecule has 102 valence electrons. The van der Waals surface area contributed by atoms with Crippen LogP contribution >= 0.6 is 0 Å². The first-order chi connectivity index (χ1) is 9.72. The number of rotatable bonds is 0. The Morgan fingerprint density at radius 1 is 0.950 bits per heavy atom. The molecule has 4 rings (SSSR count). The summed E-state index contributed by atoms with van der Waals surface area (Å²) < 4.78 is 6.21. The topological polar surface area (TPSA) is 12.5 Å². The van der Waals surface area contributed by atoms with E-state index in [0.717, 1.165) is 24.6 Å². The van der Waals surface area contributed by atoms with Crippen LogP contribution in [-0.4, -0.2) is 25.0 Å². The Hall–Kier alpha value is -1.80. The quantitative estimate of drug-likeness (QED) is 0.716. The van der Waals surface area contributed by atoms with Crippen molar-refractivity contribution in [3.05, 3.63) is 59.2 Å². The molecule has 0 unspecified atom stereocenters. The molecular weight excluding hydrogens is 246 g/mol. The molecule has 0 N–H and O–H groups in total. The standard InChI is InChI=1S/C18H19NO/c1-12-7-8-18-14(9-12)16-11-19(2)10-15(16)13-5-3-4-6-17(13)20-18/h3-9,15-16H,10-11H2,1-2H3/t15-,16+/m1/s1. The largest absolute Gasteiger partial charge is 0.457 e. The van der Waals surface area contributed by atoms with Crippen LogP contribution < -0.4 is 4.74 Å². The van der Waals surface area contributed by atoms with Crippen LogP contribution in [0.15, 0.2) is 42.5 Å². The van der Waals surface area contributed by atoms with Crippen molar-refractivity contribution < 1.29 is 4.74 Å². The van der Waals surface area contributed by atoms with Crippen LogP contribution in [0.1, 0.15) is 28.5 Å². The van der Waals surface area contributed by atoms with Crippen molar-refractivity contribution >= 4 is 0 Å². The summed E-state index contributed by atoms with van der Waals surface area (Å²) in [6.45, 7) is 4.38. The second kappa shape index (κ2) is 4.35. The number of benzene rings is 2. The van der Waals surface area contributed by atoms with Crippen molar-refractivity contribution in [1.29, 1.82) is 0 Å². The van der Waals surface area contributed by atoms with E-state index in [1.807, 2.05) is 0 Å². The van der Waals surface area contributed by atoms with Crippen molar-refractivity contribution in [2.45, 2.75) is 18.8 Å². The first kappa shape index (κ1) is 12.0. The lowest BCUT2D eigenvalue weighted by Crippen LogP contribution is -2.14. The minimum Gasteiger partial charge on any atom is -0.457 e. The number of ether oxygens (including phenoxy) is 1. The van der Waals surface area contributed by atoms with Gasteiger partial charge in [-0.1, -0.05) is 35.9 Å². The Balaban J connectivity index is 1.93. The molecule has 2 atom stereocenters. The van der Waals surface area contributed by atoms with E-state index >= 15 is 0 Å². The Kier molecular flexibility index (Phi) is 2.61. The molecule has 1 saturated heterocycles. The number of likely N-dealkylation sites (tertiary alicyclic amines) is 1. The van der Waals surface area contributed by atoms with E-state index in [-0.39, 0.29) is 0 Å². The normalized spacial score (nSPS) is 24.3. The summed E-state index contributed by atoms with van der Waals surface area (Å²) >= 11 is 0. The van der Waals surface area contributed by atoms with Crippen LogP contribution in [0.5, 0.6) is 11.5 Å². The van der Waals surface area contributed by atoms with E-state index in [4.69, 9.17) is 4.74 Å². The van der Waals surface area contributed by atoms with Crippen LogP contribution in [-0.2, 0) is 0 Å². The van der Waals surface area contributed by atoms with Crippen molar-refractivity contribution in [1.82, 2.24) is 4.90 Å². The molecule has 2 heterocycles. The van der Waals surface area contributed by atoms with Crippen LogP contribution in [0.4, 0.5) is 0 Å².